The first-order chi connectivity index (χ1) is 6.29. The molecule has 1 aliphatic heterocycles. The highest BCUT2D eigenvalue weighted by Crippen LogP contribution is 2.32. The number of thioether (sulfide) groups is 1. The van der Waals surface area contributed by atoms with Crippen LogP contribution in [0.1, 0.15) is 18.9 Å². The first-order valence-electron chi connectivity index (χ1n) is 4.29. The van der Waals surface area contributed by atoms with Crippen LogP contribution in [0.4, 0.5) is 0 Å². The molecule has 0 aromatic carbocycles. The summed E-state index contributed by atoms with van der Waals surface area (Å²) in [7, 11) is 0. The van der Waals surface area contributed by atoms with Gasteiger partial charge in [0.15, 0.2) is 5.75 Å². The van der Waals surface area contributed by atoms with Crippen molar-refractivity contribution >= 4 is 27.7 Å². The van der Waals surface area contributed by atoms with Crippen LogP contribution in [-0.4, -0.2) is 26.4 Å². The van der Waals surface area contributed by atoms with E-state index < -0.39 is 0 Å². The van der Waals surface area contributed by atoms with Crippen LogP contribution in [0.25, 0.3) is 0 Å². The van der Waals surface area contributed by atoms with Crippen LogP contribution in [0.2, 0.25) is 0 Å². The fourth-order valence-electron chi connectivity index (χ4n) is 1.52. The maximum absolute atomic E-state index is 9.34. The Hall–Kier alpha value is -0.160. The highest BCUT2D eigenvalue weighted by molar-refractivity contribution is 9.10. The van der Waals surface area contributed by atoms with Crippen LogP contribution >= 0.6 is 27.7 Å². The summed E-state index contributed by atoms with van der Waals surface area (Å²) in [4.78, 5) is 0. The van der Waals surface area contributed by atoms with Crippen molar-refractivity contribution in [2.24, 2.45) is 0 Å². The van der Waals surface area contributed by atoms with E-state index in [1.165, 1.54) is 17.7 Å². The van der Waals surface area contributed by atoms with Crippen molar-refractivity contribution in [1.82, 2.24) is 9.78 Å². The predicted molar refractivity (Wildman–Crippen MR) is 57.2 cm³/mol. The molecule has 0 saturated carbocycles. The van der Waals surface area contributed by atoms with Crippen LogP contribution in [0.15, 0.2) is 10.8 Å². The van der Waals surface area contributed by atoms with Gasteiger partial charge >= 0.3 is 0 Å². The fraction of sp³-hybridized carbons (Fsp3) is 0.625. The molecule has 2 rings (SSSR count). The number of rotatable bonds is 1. The van der Waals surface area contributed by atoms with Gasteiger partial charge in [-0.3, -0.25) is 4.68 Å². The van der Waals surface area contributed by atoms with Crippen molar-refractivity contribution in [2.75, 3.05) is 11.5 Å². The molecule has 0 aliphatic carbocycles. The average Bonchev–Trinajstić information content (AvgIpc) is 2.49. The van der Waals surface area contributed by atoms with Gasteiger partial charge < -0.3 is 5.11 Å². The molecule has 1 saturated heterocycles. The first-order valence-corrected chi connectivity index (χ1v) is 6.23. The summed E-state index contributed by atoms with van der Waals surface area (Å²) in [6.07, 6.45) is 3.78. The molecule has 1 aliphatic rings. The van der Waals surface area contributed by atoms with Crippen LogP contribution in [0.3, 0.4) is 0 Å². The van der Waals surface area contributed by atoms with Crippen molar-refractivity contribution in [3.63, 3.8) is 0 Å². The second kappa shape index (κ2) is 3.92. The topological polar surface area (TPSA) is 38.1 Å². The van der Waals surface area contributed by atoms with Crippen LogP contribution < -0.4 is 0 Å². The van der Waals surface area contributed by atoms with E-state index in [0.717, 1.165) is 12.8 Å². The van der Waals surface area contributed by atoms with E-state index >= 15 is 0 Å². The summed E-state index contributed by atoms with van der Waals surface area (Å²) < 4.78 is 2.60. The Kier molecular flexibility index (Phi) is 2.83. The van der Waals surface area contributed by atoms with Crippen LogP contribution in [-0.2, 0) is 0 Å². The largest absolute Gasteiger partial charge is 0.504 e. The SMILES string of the molecule is Oc1cnn(C2CCSCC2)c1Br. The lowest BCUT2D eigenvalue weighted by Crippen LogP contribution is -2.16. The average molecular weight is 263 g/mol. The minimum Gasteiger partial charge on any atom is -0.504 e. The number of halogens is 1. The van der Waals surface area contributed by atoms with Gasteiger partial charge in [0, 0.05) is 0 Å². The standard InChI is InChI=1S/C8H11BrN2OS/c9-8-7(12)5-10-11(8)6-1-3-13-4-2-6/h5-6,12H,1-4H2. The minimum atomic E-state index is 0.234. The summed E-state index contributed by atoms with van der Waals surface area (Å²) in [5.41, 5.74) is 0. The van der Waals surface area contributed by atoms with Crippen molar-refractivity contribution in [1.29, 1.82) is 0 Å². The lowest BCUT2D eigenvalue weighted by molar-refractivity contribution is 0.412. The molecule has 0 bridgehead atoms. The predicted octanol–water partition coefficient (Wildman–Crippen LogP) is 2.42. The fourth-order valence-corrected chi connectivity index (χ4v) is 3.09. The Morgan fingerprint density at radius 2 is 2.23 bits per heavy atom. The van der Waals surface area contributed by atoms with Gasteiger partial charge in [0.2, 0.25) is 0 Å². The van der Waals surface area contributed by atoms with E-state index in [0.29, 0.717) is 10.6 Å². The maximum Gasteiger partial charge on any atom is 0.168 e. The van der Waals surface area contributed by atoms with Crippen molar-refractivity contribution in [2.45, 2.75) is 18.9 Å². The van der Waals surface area contributed by atoms with Gasteiger partial charge in [-0.1, -0.05) is 0 Å². The smallest absolute Gasteiger partial charge is 0.168 e. The van der Waals surface area contributed by atoms with E-state index in [1.54, 1.807) is 0 Å². The van der Waals surface area contributed by atoms with Crippen LogP contribution in [0, 0.1) is 0 Å². The van der Waals surface area contributed by atoms with Crippen LogP contribution in [0.5, 0.6) is 5.75 Å². The van der Waals surface area contributed by atoms with Gasteiger partial charge in [-0.25, -0.2) is 0 Å². The zero-order valence-corrected chi connectivity index (χ0v) is 9.51. The second-order valence-electron chi connectivity index (χ2n) is 3.11. The summed E-state index contributed by atoms with van der Waals surface area (Å²) in [6, 6.07) is 0.455. The molecule has 0 spiro atoms. The van der Waals surface area contributed by atoms with Gasteiger partial charge in [0.05, 0.1) is 12.2 Å². The summed E-state index contributed by atoms with van der Waals surface area (Å²) in [6.45, 7) is 0. The number of hydrogen-bond acceptors (Lipinski definition) is 3. The molecule has 0 radical (unpaired) electrons. The van der Waals surface area contributed by atoms with E-state index in [1.807, 2.05) is 16.4 Å². The molecule has 1 aromatic heterocycles. The Morgan fingerprint density at radius 3 is 2.77 bits per heavy atom. The number of nitrogens with zero attached hydrogens (tertiary/aromatic N) is 2. The van der Waals surface area contributed by atoms with E-state index in [-0.39, 0.29) is 5.75 Å². The molecule has 1 fully saturated rings. The zero-order valence-electron chi connectivity index (χ0n) is 7.11. The van der Waals surface area contributed by atoms with Gasteiger partial charge in [-0.15, -0.1) is 0 Å². The Bertz CT molecular complexity index is 296. The molecule has 3 nitrogen and oxygen atoms in total. The molecule has 5 heteroatoms. The third-order valence-electron chi connectivity index (χ3n) is 2.25. The third-order valence-corrected chi connectivity index (χ3v) is 4.07. The van der Waals surface area contributed by atoms with Gasteiger partial charge in [-0.05, 0) is 40.3 Å². The molecule has 72 valence electrons. The second-order valence-corrected chi connectivity index (χ2v) is 5.08. The highest BCUT2D eigenvalue weighted by Gasteiger charge is 2.19. The van der Waals surface area contributed by atoms with Gasteiger partial charge in [0.25, 0.3) is 0 Å². The van der Waals surface area contributed by atoms with Gasteiger partial charge in [0.1, 0.15) is 4.60 Å². The van der Waals surface area contributed by atoms with E-state index in [2.05, 4.69) is 21.0 Å². The van der Waals surface area contributed by atoms with E-state index in [4.69, 9.17) is 0 Å². The number of hydrogen-bond donors (Lipinski definition) is 1. The summed E-state index contributed by atoms with van der Waals surface area (Å²) in [5.74, 6) is 2.62. The number of aromatic nitrogens is 2. The summed E-state index contributed by atoms with van der Waals surface area (Å²) in [5, 5.41) is 13.5. The molecule has 0 unspecified atom stereocenters. The van der Waals surface area contributed by atoms with Gasteiger partial charge in [-0.2, -0.15) is 16.9 Å². The molecule has 0 atom stereocenters. The normalized spacial score (nSPS) is 19.2. The molecule has 2 heterocycles. The van der Waals surface area contributed by atoms with Crippen molar-refractivity contribution in [3.05, 3.63) is 10.8 Å². The molecular weight excluding hydrogens is 252 g/mol. The van der Waals surface area contributed by atoms with E-state index in [9.17, 15) is 5.11 Å². The van der Waals surface area contributed by atoms with Crippen molar-refractivity contribution < 1.29 is 5.11 Å². The lowest BCUT2D eigenvalue weighted by Gasteiger charge is -2.22. The highest BCUT2D eigenvalue weighted by atomic mass is 79.9. The monoisotopic (exact) mass is 262 g/mol. The maximum atomic E-state index is 9.34. The van der Waals surface area contributed by atoms with Crippen molar-refractivity contribution in [3.8, 4) is 5.75 Å². The number of aromatic hydroxyl groups is 1. The third kappa shape index (κ3) is 1.86. The minimum absolute atomic E-state index is 0.234. The quantitative estimate of drug-likeness (QED) is 0.845. The molecule has 1 aromatic rings. The molecule has 0 amide bonds. The lowest BCUT2D eigenvalue weighted by atomic mass is 10.2. The summed E-state index contributed by atoms with van der Waals surface area (Å²) >= 11 is 5.32. The zero-order chi connectivity index (χ0) is 9.26. The first kappa shape index (κ1) is 9.40. The molecular formula is C8H11BrN2OS. The Labute approximate surface area is 89.6 Å². The molecule has 13 heavy (non-hydrogen) atoms. The Balaban J connectivity index is 2.18. The molecule has 1 N–H and O–H groups in total. The Morgan fingerprint density at radius 1 is 1.54 bits per heavy atom.